The van der Waals surface area contributed by atoms with E-state index in [1.165, 1.54) is 6.07 Å². The molecule has 1 heterocycles. The average molecular weight is 294 g/mol. The van der Waals surface area contributed by atoms with Gasteiger partial charge in [-0.25, -0.2) is 4.39 Å². The molecular formula is C17H27FN2O. The van der Waals surface area contributed by atoms with E-state index < -0.39 is 0 Å². The first-order valence-corrected chi connectivity index (χ1v) is 7.73. The van der Waals surface area contributed by atoms with Crippen molar-refractivity contribution in [3.05, 3.63) is 35.6 Å². The van der Waals surface area contributed by atoms with Crippen LogP contribution in [0.15, 0.2) is 24.3 Å². The molecule has 0 amide bonds. The molecular weight excluding hydrogens is 267 g/mol. The highest BCUT2D eigenvalue weighted by Crippen LogP contribution is 2.38. The molecule has 3 nitrogen and oxygen atoms in total. The highest BCUT2D eigenvalue weighted by molar-refractivity contribution is 5.18. The zero-order valence-corrected chi connectivity index (χ0v) is 13.4. The molecule has 118 valence electrons. The van der Waals surface area contributed by atoms with Gasteiger partial charge in [0.15, 0.2) is 0 Å². The highest BCUT2D eigenvalue weighted by Gasteiger charge is 2.44. The number of hydrogen-bond donors (Lipinski definition) is 1. The SMILES string of the molecule is CCC1(C)CC(CN)(N(C)Cc2ccccc2F)CCO1. The topological polar surface area (TPSA) is 38.5 Å². The molecule has 2 rings (SSSR count). The summed E-state index contributed by atoms with van der Waals surface area (Å²) in [7, 11) is 2.04. The Morgan fingerprint density at radius 3 is 2.71 bits per heavy atom. The van der Waals surface area contributed by atoms with Gasteiger partial charge in [0, 0.05) is 30.8 Å². The van der Waals surface area contributed by atoms with Gasteiger partial charge in [0.1, 0.15) is 5.82 Å². The quantitative estimate of drug-likeness (QED) is 0.907. The fraction of sp³-hybridized carbons (Fsp3) is 0.647. The minimum absolute atomic E-state index is 0.120. The minimum atomic E-state index is -0.151. The van der Waals surface area contributed by atoms with Crippen molar-refractivity contribution in [3.8, 4) is 0 Å². The Labute approximate surface area is 127 Å². The number of nitrogens with two attached hydrogens (primary N) is 1. The number of nitrogens with zero attached hydrogens (tertiary/aromatic N) is 1. The molecule has 0 radical (unpaired) electrons. The maximum absolute atomic E-state index is 13.9. The van der Waals surface area contributed by atoms with Crippen molar-refractivity contribution < 1.29 is 9.13 Å². The van der Waals surface area contributed by atoms with Gasteiger partial charge < -0.3 is 10.5 Å². The second-order valence-electron chi connectivity index (χ2n) is 6.45. The zero-order chi connectivity index (χ0) is 15.5. The minimum Gasteiger partial charge on any atom is -0.375 e. The third-order valence-corrected chi connectivity index (χ3v) is 5.02. The maximum Gasteiger partial charge on any atom is 0.127 e. The molecule has 2 unspecified atom stereocenters. The fourth-order valence-electron chi connectivity index (χ4n) is 3.26. The van der Waals surface area contributed by atoms with E-state index in [1.807, 2.05) is 19.2 Å². The first-order chi connectivity index (χ1) is 9.95. The molecule has 0 bridgehead atoms. The summed E-state index contributed by atoms with van der Waals surface area (Å²) in [5, 5.41) is 0. The van der Waals surface area contributed by atoms with Crippen molar-refractivity contribution in [2.45, 2.75) is 50.8 Å². The van der Waals surface area contributed by atoms with E-state index in [9.17, 15) is 4.39 Å². The summed E-state index contributed by atoms with van der Waals surface area (Å²) in [5.41, 5.74) is 6.58. The summed E-state index contributed by atoms with van der Waals surface area (Å²) in [6, 6.07) is 6.95. The summed E-state index contributed by atoms with van der Waals surface area (Å²) < 4.78 is 19.8. The third-order valence-electron chi connectivity index (χ3n) is 5.02. The van der Waals surface area contributed by atoms with E-state index in [2.05, 4.69) is 18.7 Å². The molecule has 0 aliphatic carbocycles. The molecule has 1 aromatic carbocycles. The average Bonchev–Trinajstić information content (AvgIpc) is 2.49. The molecule has 0 spiro atoms. The van der Waals surface area contributed by atoms with Crippen LogP contribution in [0, 0.1) is 5.82 Å². The highest BCUT2D eigenvalue weighted by atomic mass is 19.1. The Hall–Kier alpha value is -0.970. The zero-order valence-electron chi connectivity index (χ0n) is 13.4. The molecule has 1 aromatic rings. The molecule has 0 aromatic heterocycles. The summed E-state index contributed by atoms with van der Waals surface area (Å²) in [6.07, 6.45) is 2.74. The van der Waals surface area contributed by atoms with Crippen LogP contribution in [0.4, 0.5) is 4.39 Å². The maximum atomic E-state index is 13.9. The summed E-state index contributed by atoms with van der Waals surface area (Å²) in [5.74, 6) is -0.151. The summed E-state index contributed by atoms with van der Waals surface area (Å²) in [6.45, 7) is 6.14. The summed E-state index contributed by atoms with van der Waals surface area (Å²) in [4.78, 5) is 2.21. The van der Waals surface area contributed by atoms with Crippen molar-refractivity contribution in [1.82, 2.24) is 4.90 Å². The van der Waals surface area contributed by atoms with Crippen LogP contribution in [0.1, 0.15) is 38.7 Å². The smallest absolute Gasteiger partial charge is 0.127 e. The van der Waals surface area contributed by atoms with Gasteiger partial charge in [-0.2, -0.15) is 0 Å². The predicted molar refractivity (Wildman–Crippen MR) is 83.5 cm³/mol. The normalized spacial score (nSPS) is 29.8. The van der Waals surface area contributed by atoms with Gasteiger partial charge in [-0.1, -0.05) is 25.1 Å². The van der Waals surface area contributed by atoms with Crippen molar-refractivity contribution in [2.24, 2.45) is 5.73 Å². The first kappa shape index (κ1) is 16.4. The van der Waals surface area contributed by atoms with E-state index in [1.54, 1.807) is 6.07 Å². The Balaban J connectivity index is 2.18. The molecule has 2 atom stereocenters. The molecule has 0 saturated carbocycles. The predicted octanol–water partition coefficient (Wildman–Crippen LogP) is 2.93. The van der Waals surface area contributed by atoms with Crippen molar-refractivity contribution >= 4 is 0 Å². The van der Waals surface area contributed by atoms with Gasteiger partial charge in [-0.3, -0.25) is 4.90 Å². The Morgan fingerprint density at radius 1 is 1.38 bits per heavy atom. The van der Waals surface area contributed by atoms with Gasteiger partial charge in [0.05, 0.1) is 5.60 Å². The largest absolute Gasteiger partial charge is 0.375 e. The van der Waals surface area contributed by atoms with Crippen LogP contribution >= 0.6 is 0 Å². The Bertz CT molecular complexity index is 482. The van der Waals surface area contributed by atoms with Gasteiger partial charge in [0.25, 0.3) is 0 Å². The van der Waals surface area contributed by atoms with E-state index in [0.29, 0.717) is 19.7 Å². The lowest BCUT2D eigenvalue weighted by atomic mass is 9.78. The van der Waals surface area contributed by atoms with Crippen LogP contribution in [0.25, 0.3) is 0 Å². The van der Waals surface area contributed by atoms with Crippen LogP contribution in [-0.4, -0.2) is 36.2 Å². The van der Waals surface area contributed by atoms with Gasteiger partial charge in [-0.05, 0) is 39.3 Å². The number of rotatable bonds is 5. The monoisotopic (exact) mass is 294 g/mol. The van der Waals surface area contributed by atoms with E-state index in [0.717, 1.165) is 24.8 Å². The lowest BCUT2D eigenvalue weighted by molar-refractivity contribution is -0.126. The Morgan fingerprint density at radius 2 is 2.10 bits per heavy atom. The van der Waals surface area contributed by atoms with E-state index in [-0.39, 0.29) is 17.0 Å². The van der Waals surface area contributed by atoms with Crippen LogP contribution < -0.4 is 5.73 Å². The second-order valence-corrected chi connectivity index (χ2v) is 6.45. The molecule has 1 saturated heterocycles. The summed E-state index contributed by atoms with van der Waals surface area (Å²) >= 11 is 0. The fourth-order valence-corrected chi connectivity index (χ4v) is 3.26. The van der Waals surface area contributed by atoms with Crippen molar-refractivity contribution in [1.29, 1.82) is 0 Å². The number of ether oxygens (including phenoxy) is 1. The van der Waals surface area contributed by atoms with Crippen LogP contribution in [0.5, 0.6) is 0 Å². The van der Waals surface area contributed by atoms with Crippen LogP contribution in [0.3, 0.4) is 0 Å². The molecule has 1 aliphatic rings. The van der Waals surface area contributed by atoms with E-state index >= 15 is 0 Å². The van der Waals surface area contributed by atoms with Crippen LogP contribution in [0.2, 0.25) is 0 Å². The van der Waals surface area contributed by atoms with Gasteiger partial charge >= 0.3 is 0 Å². The lowest BCUT2D eigenvalue weighted by Crippen LogP contribution is -2.59. The standard InChI is InChI=1S/C17H27FN2O/c1-4-16(2)12-17(13-19,9-10-21-16)20(3)11-14-7-5-6-8-15(14)18/h5-8H,4,9-13,19H2,1-3H3. The lowest BCUT2D eigenvalue weighted by Gasteiger charge is -2.50. The van der Waals surface area contributed by atoms with Crippen LogP contribution in [-0.2, 0) is 11.3 Å². The Kier molecular flexibility index (Phi) is 5.02. The third kappa shape index (κ3) is 3.44. The number of benzene rings is 1. The first-order valence-electron chi connectivity index (χ1n) is 7.73. The second kappa shape index (κ2) is 6.42. The molecule has 21 heavy (non-hydrogen) atoms. The molecule has 1 fully saturated rings. The van der Waals surface area contributed by atoms with Crippen molar-refractivity contribution in [3.63, 3.8) is 0 Å². The molecule has 2 N–H and O–H groups in total. The van der Waals surface area contributed by atoms with Crippen molar-refractivity contribution in [2.75, 3.05) is 20.2 Å². The number of likely N-dealkylation sites (N-methyl/N-ethyl adjacent to an activating group) is 1. The number of halogens is 1. The molecule has 4 heteroatoms. The molecule has 1 aliphatic heterocycles. The van der Waals surface area contributed by atoms with E-state index in [4.69, 9.17) is 10.5 Å². The van der Waals surface area contributed by atoms with Gasteiger partial charge in [-0.15, -0.1) is 0 Å². The van der Waals surface area contributed by atoms with Gasteiger partial charge in [0.2, 0.25) is 0 Å². The number of hydrogen-bond acceptors (Lipinski definition) is 3.